The normalized spacial score (nSPS) is 15.8. The van der Waals surface area contributed by atoms with E-state index in [0.29, 0.717) is 13.0 Å². The SMILES string of the molecule is CCCNCCCCCNCCCC(=O)[C@H](O)[C@@H](O)[C@H](O)[C@H](O)C(=O)OC. The number of methoxy groups -OCH3 is 1. The summed E-state index contributed by atoms with van der Waals surface area (Å²) in [5, 5.41) is 45.1. The molecule has 27 heavy (non-hydrogen) atoms. The number of nitrogens with one attached hydrogen (secondary N) is 2. The van der Waals surface area contributed by atoms with Gasteiger partial charge in [-0.2, -0.15) is 0 Å². The minimum absolute atomic E-state index is 0.00715. The summed E-state index contributed by atoms with van der Waals surface area (Å²) in [4.78, 5) is 23.0. The number of esters is 1. The third-order valence-electron chi connectivity index (χ3n) is 4.18. The highest BCUT2D eigenvalue weighted by Crippen LogP contribution is 2.09. The molecule has 0 heterocycles. The van der Waals surface area contributed by atoms with Crippen LogP contribution < -0.4 is 10.6 Å². The monoisotopic (exact) mass is 392 g/mol. The van der Waals surface area contributed by atoms with Gasteiger partial charge in [0.15, 0.2) is 11.9 Å². The molecule has 0 amide bonds. The van der Waals surface area contributed by atoms with Crippen molar-refractivity contribution in [3.63, 3.8) is 0 Å². The standard InChI is InChI=1S/C18H36N2O7/c1-3-9-19-10-5-4-6-11-20-12-7-8-13(21)14(22)15(23)16(24)17(25)18(26)27-2/h14-17,19-20,22-25H,3-12H2,1-2H3/t14-,15+,16-,17-/m0/s1. The molecule has 0 aromatic heterocycles. The van der Waals surface area contributed by atoms with Crippen LogP contribution >= 0.6 is 0 Å². The number of hydrogen-bond donors (Lipinski definition) is 6. The maximum atomic E-state index is 11.9. The molecule has 0 unspecified atom stereocenters. The summed E-state index contributed by atoms with van der Waals surface area (Å²) in [6, 6.07) is 0. The lowest BCUT2D eigenvalue weighted by molar-refractivity contribution is -0.168. The molecule has 0 aromatic carbocycles. The molecule has 0 saturated heterocycles. The Balaban J connectivity index is 3.84. The van der Waals surface area contributed by atoms with Crippen molar-refractivity contribution in [3.8, 4) is 0 Å². The zero-order valence-electron chi connectivity index (χ0n) is 16.4. The zero-order valence-corrected chi connectivity index (χ0v) is 16.4. The van der Waals surface area contributed by atoms with Crippen molar-refractivity contribution in [2.45, 2.75) is 69.9 Å². The second kappa shape index (κ2) is 15.9. The van der Waals surface area contributed by atoms with Crippen molar-refractivity contribution in [3.05, 3.63) is 0 Å². The summed E-state index contributed by atoms with van der Waals surface area (Å²) in [5.74, 6) is -1.83. The van der Waals surface area contributed by atoms with Crippen molar-refractivity contribution in [2.24, 2.45) is 0 Å². The van der Waals surface area contributed by atoms with Gasteiger partial charge in [-0.25, -0.2) is 4.79 Å². The number of carbonyl (C=O) groups is 2. The van der Waals surface area contributed by atoms with Crippen LogP contribution in [0.4, 0.5) is 0 Å². The Bertz CT molecular complexity index is 409. The van der Waals surface area contributed by atoms with Gasteiger partial charge in [0.05, 0.1) is 7.11 Å². The fourth-order valence-corrected chi connectivity index (χ4v) is 2.46. The summed E-state index contributed by atoms with van der Waals surface area (Å²) in [6.45, 7) is 5.65. The van der Waals surface area contributed by atoms with E-state index in [4.69, 9.17) is 0 Å². The van der Waals surface area contributed by atoms with Gasteiger partial charge in [0, 0.05) is 6.42 Å². The van der Waals surface area contributed by atoms with Gasteiger partial charge in [0.2, 0.25) is 0 Å². The molecule has 0 aliphatic carbocycles. The highest BCUT2D eigenvalue weighted by Gasteiger charge is 2.37. The minimum atomic E-state index is -2.04. The Morgan fingerprint density at radius 2 is 1.33 bits per heavy atom. The van der Waals surface area contributed by atoms with E-state index in [1.54, 1.807) is 0 Å². The van der Waals surface area contributed by atoms with E-state index in [-0.39, 0.29) is 6.42 Å². The summed E-state index contributed by atoms with van der Waals surface area (Å²) in [5.41, 5.74) is 0. The summed E-state index contributed by atoms with van der Waals surface area (Å²) < 4.78 is 4.23. The molecule has 0 aliphatic heterocycles. The Labute approximate surface area is 161 Å². The average molecular weight is 392 g/mol. The third kappa shape index (κ3) is 11.4. The van der Waals surface area contributed by atoms with Gasteiger partial charge in [-0.15, -0.1) is 0 Å². The lowest BCUT2D eigenvalue weighted by atomic mass is 9.98. The number of aliphatic hydroxyl groups is 4. The van der Waals surface area contributed by atoms with Gasteiger partial charge in [-0.1, -0.05) is 13.3 Å². The Morgan fingerprint density at radius 1 is 0.815 bits per heavy atom. The van der Waals surface area contributed by atoms with E-state index in [2.05, 4.69) is 22.3 Å². The molecule has 0 aromatic rings. The number of Topliss-reactive ketones (excluding diaryl/α,β-unsaturated/α-hetero) is 1. The maximum Gasteiger partial charge on any atom is 0.337 e. The van der Waals surface area contributed by atoms with E-state index < -0.39 is 36.2 Å². The van der Waals surface area contributed by atoms with Gasteiger partial charge >= 0.3 is 5.97 Å². The van der Waals surface area contributed by atoms with Crippen LogP contribution in [-0.4, -0.2) is 89.9 Å². The molecule has 4 atom stereocenters. The first-order chi connectivity index (χ1) is 12.9. The van der Waals surface area contributed by atoms with Crippen molar-refractivity contribution >= 4 is 11.8 Å². The number of ketones is 1. The molecule has 0 bridgehead atoms. The van der Waals surface area contributed by atoms with Crippen LogP contribution in [0.5, 0.6) is 0 Å². The molecule has 160 valence electrons. The third-order valence-corrected chi connectivity index (χ3v) is 4.18. The lowest BCUT2D eigenvalue weighted by Crippen LogP contribution is -2.50. The lowest BCUT2D eigenvalue weighted by Gasteiger charge is -2.24. The van der Waals surface area contributed by atoms with Crippen molar-refractivity contribution in [2.75, 3.05) is 33.3 Å². The second-order valence-corrected chi connectivity index (χ2v) is 6.52. The van der Waals surface area contributed by atoms with E-state index in [1.807, 2.05) is 0 Å². The largest absolute Gasteiger partial charge is 0.467 e. The van der Waals surface area contributed by atoms with E-state index in [9.17, 15) is 30.0 Å². The van der Waals surface area contributed by atoms with Crippen molar-refractivity contribution in [1.82, 2.24) is 10.6 Å². The van der Waals surface area contributed by atoms with Crippen LogP contribution in [0, 0.1) is 0 Å². The topological polar surface area (TPSA) is 148 Å². The number of carbonyl (C=O) groups excluding carboxylic acids is 2. The van der Waals surface area contributed by atoms with Crippen LogP contribution in [0.2, 0.25) is 0 Å². The number of unbranched alkanes of at least 4 members (excludes halogenated alkanes) is 2. The fraction of sp³-hybridized carbons (Fsp3) is 0.889. The molecule has 0 saturated carbocycles. The summed E-state index contributed by atoms with van der Waals surface area (Å²) in [7, 11) is 1.00. The van der Waals surface area contributed by atoms with Crippen LogP contribution in [0.25, 0.3) is 0 Å². The van der Waals surface area contributed by atoms with E-state index in [0.717, 1.165) is 52.4 Å². The fourth-order valence-electron chi connectivity index (χ4n) is 2.46. The molecule has 0 aliphatic rings. The number of hydrogen-bond acceptors (Lipinski definition) is 9. The number of aliphatic hydroxyl groups excluding tert-OH is 4. The average Bonchev–Trinajstić information content (AvgIpc) is 2.68. The Kier molecular flexibility index (Phi) is 15.3. The van der Waals surface area contributed by atoms with Gasteiger partial charge in [-0.3, -0.25) is 4.79 Å². The molecular weight excluding hydrogens is 356 g/mol. The van der Waals surface area contributed by atoms with Crippen LogP contribution in [0.15, 0.2) is 0 Å². The quantitative estimate of drug-likeness (QED) is 0.131. The smallest absolute Gasteiger partial charge is 0.337 e. The first-order valence-corrected chi connectivity index (χ1v) is 9.61. The number of ether oxygens (including phenoxy) is 1. The highest BCUT2D eigenvalue weighted by molar-refractivity contribution is 5.83. The molecule has 0 spiro atoms. The second-order valence-electron chi connectivity index (χ2n) is 6.52. The van der Waals surface area contributed by atoms with Gasteiger partial charge in [0.1, 0.15) is 18.3 Å². The molecule has 9 nitrogen and oxygen atoms in total. The number of rotatable bonds is 17. The Hall–Kier alpha value is -1.10. The highest BCUT2D eigenvalue weighted by atomic mass is 16.5. The minimum Gasteiger partial charge on any atom is -0.467 e. The van der Waals surface area contributed by atoms with Gasteiger partial charge in [0.25, 0.3) is 0 Å². The first-order valence-electron chi connectivity index (χ1n) is 9.61. The van der Waals surface area contributed by atoms with Crippen LogP contribution in [-0.2, 0) is 14.3 Å². The molecule has 0 radical (unpaired) electrons. The van der Waals surface area contributed by atoms with E-state index in [1.165, 1.54) is 0 Å². The maximum absolute atomic E-state index is 11.9. The van der Waals surface area contributed by atoms with E-state index >= 15 is 0 Å². The van der Waals surface area contributed by atoms with Crippen LogP contribution in [0.3, 0.4) is 0 Å². The van der Waals surface area contributed by atoms with Gasteiger partial charge in [-0.05, 0) is 51.9 Å². The summed E-state index contributed by atoms with van der Waals surface area (Å²) >= 11 is 0. The molecule has 0 fully saturated rings. The molecule has 0 rings (SSSR count). The zero-order chi connectivity index (χ0) is 20.7. The van der Waals surface area contributed by atoms with Gasteiger partial charge < -0.3 is 35.8 Å². The van der Waals surface area contributed by atoms with Crippen molar-refractivity contribution in [1.29, 1.82) is 0 Å². The first kappa shape index (κ1) is 25.9. The van der Waals surface area contributed by atoms with Crippen molar-refractivity contribution < 1.29 is 34.8 Å². The molecular formula is C18H36N2O7. The Morgan fingerprint density at radius 3 is 1.89 bits per heavy atom. The summed E-state index contributed by atoms with van der Waals surface area (Å²) in [6.07, 6.45) is -3.00. The molecule has 9 heteroatoms. The predicted octanol–water partition coefficient (Wildman–Crippen LogP) is -1.29. The van der Waals surface area contributed by atoms with Crippen LogP contribution in [0.1, 0.15) is 45.4 Å². The predicted molar refractivity (Wildman–Crippen MR) is 100 cm³/mol. The molecule has 6 N–H and O–H groups in total.